The number of hydrogen-bond donors (Lipinski definition) is 5. The Labute approximate surface area is 226 Å². The first-order chi connectivity index (χ1) is 18.8. The number of nitrogens with two attached hydrogens (primary N) is 2. The number of benzene rings is 3. The van der Waals surface area contributed by atoms with Gasteiger partial charge in [0, 0.05) is 49.3 Å². The Morgan fingerprint density at radius 3 is 2.26 bits per heavy atom. The van der Waals surface area contributed by atoms with Crippen LogP contribution in [-0.2, 0) is 0 Å². The van der Waals surface area contributed by atoms with E-state index in [1.807, 2.05) is 25.1 Å². The molecule has 0 aliphatic carbocycles. The highest BCUT2D eigenvalue weighted by Gasteiger charge is 2.27. The molecule has 1 aliphatic heterocycles. The van der Waals surface area contributed by atoms with Crippen LogP contribution in [0.15, 0.2) is 66.7 Å². The van der Waals surface area contributed by atoms with Crippen molar-refractivity contribution in [3.63, 3.8) is 0 Å². The highest BCUT2D eigenvalue weighted by Crippen LogP contribution is 2.26. The van der Waals surface area contributed by atoms with Gasteiger partial charge in [-0.1, -0.05) is 19.1 Å². The summed E-state index contributed by atoms with van der Waals surface area (Å²) in [6.45, 7) is 6.06. The summed E-state index contributed by atoms with van der Waals surface area (Å²) in [6, 6.07) is 18.3. The first-order valence-corrected chi connectivity index (χ1v) is 13.0. The Kier molecular flexibility index (Phi) is 7.58. The Balaban J connectivity index is 1.21. The van der Waals surface area contributed by atoms with Crippen molar-refractivity contribution in [1.29, 1.82) is 0 Å². The highest BCUT2D eigenvalue weighted by atomic mass is 19.1. The number of piperazine rings is 1. The third-order valence-electron chi connectivity index (χ3n) is 7.29. The zero-order valence-corrected chi connectivity index (χ0v) is 22.1. The number of rotatable bonds is 7. The minimum atomic E-state index is -0.426. The number of nitrogens with zero attached hydrogens (tertiary/aromatic N) is 3. The monoisotopic (exact) mass is 529 g/mol. The molecule has 202 valence electrons. The van der Waals surface area contributed by atoms with Crippen molar-refractivity contribution in [2.24, 2.45) is 11.7 Å². The van der Waals surface area contributed by atoms with Gasteiger partial charge in [0.15, 0.2) is 5.82 Å². The molecule has 0 spiro atoms. The minimum Gasteiger partial charge on any atom is -0.369 e. The van der Waals surface area contributed by atoms with Gasteiger partial charge in [-0.15, -0.1) is 0 Å². The number of aromatic amines is 1. The SMILES string of the molecule is CC(C(=[NH2+])c1nc2ccc(N3CCN(C)CC3)cc2[nH]1)C(N)c1ccc(NC(=O)Nc2ccc(F)cc2)cc1. The third kappa shape index (κ3) is 6.08. The molecule has 1 aromatic heterocycles. The van der Waals surface area contributed by atoms with E-state index < -0.39 is 6.03 Å². The van der Waals surface area contributed by atoms with Gasteiger partial charge in [-0.05, 0) is 67.2 Å². The second-order valence-corrected chi connectivity index (χ2v) is 10.1. The lowest BCUT2D eigenvalue weighted by atomic mass is 9.91. The fraction of sp³-hybridized carbons (Fsp3) is 0.276. The van der Waals surface area contributed by atoms with Crippen LogP contribution in [0.3, 0.4) is 0 Å². The van der Waals surface area contributed by atoms with Crippen molar-refractivity contribution in [3.8, 4) is 0 Å². The molecule has 1 fully saturated rings. The Morgan fingerprint density at radius 2 is 1.62 bits per heavy atom. The lowest BCUT2D eigenvalue weighted by Gasteiger charge is -2.34. The number of aromatic nitrogens is 2. The predicted octanol–water partition coefficient (Wildman–Crippen LogP) is 2.98. The first kappa shape index (κ1) is 26.3. The highest BCUT2D eigenvalue weighted by molar-refractivity contribution is 6.00. The van der Waals surface area contributed by atoms with Crippen molar-refractivity contribution in [2.45, 2.75) is 13.0 Å². The van der Waals surface area contributed by atoms with Crippen LogP contribution in [0.1, 0.15) is 24.4 Å². The number of urea groups is 1. The molecule has 1 saturated heterocycles. The lowest BCUT2D eigenvalue weighted by Crippen LogP contribution is -2.47. The van der Waals surface area contributed by atoms with E-state index in [4.69, 9.17) is 16.1 Å². The Morgan fingerprint density at radius 1 is 1.00 bits per heavy atom. The number of amides is 2. The van der Waals surface area contributed by atoms with Gasteiger partial charge in [-0.2, -0.15) is 0 Å². The molecular weight excluding hydrogens is 495 g/mol. The van der Waals surface area contributed by atoms with Gasteiger partial charge in [-0.3, -0.25) is 5.41 Å². The molecule has 4 aromatic rings. The lowest BCUT2D eigenvalue weighted by molar-refractivity contribution is -0.119. The number of nitrogens with one attached hydrogen (secondary N) is 3. The zero-order valence-electron chi connectivity index (χ0n) is 22.1. The summed E-state index contributed by atoms with van der Waals surface area (Å²) in [5.74, 6) is 0.0677. The normalized spacial score (nSPS) is 15.6. The molecule has 5 rings (SSSR count). The maximum absolute atomic E-state index is 13.1. The van der Waals surface area contributed by atoms with Crippen molar-refractivity contribution in [2.75, 3.05) is 48.8 Å². The van der Waals surface area contributed by atoms with Gasteiger partial charge in [0.1, 0.15) is 5.82 Å². The van der Waals surface area contributed by atoms with Gasteiger partial charge < -0.3 is 31.2 Å². The average molecular weight is 530 g/mol. The van der Waals surface area contributed by atoms with Crippen molar-refractivity contribution < 1.29 is 14.6 Å². The number of hydrogen-bond acceptors (Lipinski definition) is 5. The van der Waals surface area contributed by atoms with Crippen LogP contribution in [0.4, 0.5) is 26.2 Å². The summed E-state index contributed by atoms with van der Waals surface area (Å²) in [4.78, 5) is 25.1. The quantitative estimate of drug-likeness (QED) is 0.235. The van der Waals surface area contributed by atoms with Gasteiger partial charge >= 0.3 is 6.03 Å². The molecular formula is C29H34FN8O+. The fourth-order valence-electron chi connectivity index (χ4n) is 4.71. The standard InChI is InChI=1S/C29H33FN8O/c1-18(26(31)19-3-7-21(8-4-19)33-29(39)34-22-9-5-20(30)6-10-22)27(32)28-35-24-12-11-23(17-25(24)36-28)38-15-13-37(2)14-16-38/h3-12,17-18,26,32H,13-16,31H2,1-2H3,(H,35,36)(H2,33,34,39)/p+1. The molecule has 1 aliphatic rings. The number of H-pyrrole nitrogens is 1. The number of halogens is 1. The van der Waals surface area contributed by atoms with E-state index in [-0.39, 0.29) is 17.8 Å². The summed E-state index contributed by atoms with van der Waals surface area (Å²) in [6.07, 6.45) is 0. The number of likely N-dealkylation sites (N-methyl/N-ethyl adjacent to an activating group) is 1. The molecule has 3 aromatic carbocycles. The van der Waals surface area contributed by atoms with Crippen LogP contribution in [0.2, 0.25) is 0 Å². The maximum atomic E-state index is 13.1. The zero-order chi connectivity index (χ0) is 27.5. The molecule has 0 bridgehead atoms. The largest absolute Gasteiger partial charge is 0.369 e. The van der Waals surface area contributed by atoms with Gasteiger partial charge in [0.05, 0.1) is 17.0 Å². The van der Waals surface area contributed by atoms with E-state index in [1.54, 1.807) is 12.1 Å². The molecule has 10 heteroatoms. The number of anilines is 3. The van der Waals surface area contributed by atoms with Crippen LogP contribution in [-0.4, -0.2) is 59.8 Å². The molecule has 0 saturated carbocycles. The van der Waals surface area contributed by atoms with Crippen LogP contribution in [0.25, 0.3) is 11.0 Å². The van der Waals surface area contributed by atoms with Crippen LogP contribution in [0.5, 0.6) is 0 Å². The topological polar surface area (TPSA) is 128 Å². The number of imidazole rings is 1. The average Bonchev–Trinajstić information content (AvgIpc) is 3.37. The summed E-state index contributed by atoms with van der Waals surface area (Å²) in [7, 11) is 2.15. The molecule has 2 heterocycles. The first-order valence-electron chi connectivity index (χ1n) is 13.0. The van der Waals surface area contributed by atoms with Crippen molar-refractivity contribution >= 4 is 39.8 Å². The summed E-state index contributed by atoms with van der Waals surface area (Å²) in [5, 5.41) is 12.0. The van der Waals surface area contributed by atoms with Gasteiger partial charge in [0.25, 0.3) is 0 Å². The second-order valence-electron chi connectivity index (χ2n) is 10.1. The van der Waals surface area contributed by atoms with E-state index in [0.29, 0.717) is 22.9 Å². The van der Waals surface area contributed by atoms with Crippen LogP contribution >= 0.6 is 0 Å². The summed E-state index contributed by atoms with van der Waals surface area (Å²) < 4.78 is 13.1. The third-order valence-corrected chi connectivity index (χ3v) is 7.29. The number of carbonyl (C=O) groups excluding carboxylic acids is 1. The van der Waals surface area contributed by atoms with Gasteiger partial charge in [-0.25, -0.2) is 14.2 Å². The smallest absolute Gasteiger partial charge is 0.323 e. The second kappa shape index (κ2) is 11.2. The number of fused-ring (bicyclic) bond motifs is 1. The van der Waals surface area contributed by atoms with Gasteiger partial charge in [0.2, 0.25) is 5.71 Å². The van der Waals surface area contributed by atoms with Crippen molar-refractivity contribution in [3.05, 3.63) is 83.9 Å². The molecule has 7 N–H and O–H groups in total. The van der Waals surface area contributed by atoms with E-state index in [2.05, 4.69) is 44.6 Å². The number of carbonyl (C=O) groups is 1. The van der Waals surface area contributed by atoms with E-state index >= 15 is 0 Å². The van der Waals surface area contributed by atoms with Crippen LogP contribution in [0, 0.1) is 11.7 Å². The summed E-state index contributed by atoms with van der Waals surface area (Å²) >= 11 is 0. The molecule has 9 nitrogen and oxygen atoms in total. The molecule has 2 atom stereocenters. The van der Waals surface area contributed by atoms with E-state index in [1.165, 1.54) is 30.0 Å². The van der Waals surface area contributed by atoms with Crippen molar-refractivity contribution in [1.82, 2.24) is 14.9 Å². The minimum absolute atomic E-state index is 0.191. The molecule has 0 radical (unpaired) electrons. The summed E-state index contributed by atoms with van der Waals surface area (Å²) in [5.41, 5.74) is 12.1. The molecule has 2 unspecified atom stereocenters. The van der Waals surface area contributed by atoms with Crippen LogP contribution < -0.4 is 26.7 Å². The predicted molar refractivity (Wildman–Crippen MR) is 153 cm³/mol. The molecule has 39 heavy (non-hydrogen) atoms. The van der Waals surface area contributed by atoms with E-state index in [0.717, 1.165) is 42.8 Å². The maximum Gasteiger partial charge on any atom is 0.323 e. The van der Waals surface area contributed by atoms with E-state index in [9.17, 15) is 9.18 Å². The Hall–Kier alpha value is -4.28. The molecule has 2 amide bonds. The Bertz CT molecular complexity index is 1460. The fourth-order valence-corrected chi connectivity index (χ4v) is 4.71.